The second-order valence-electron chi connectivity index (χ2n) is 9.15. The summed E-state index contributed by atoms with van der Waals surface area (Å²) in [6.07, 6.45) is 9.96. The lowest BCUT2D eigenvalue weighted by Crippen LogP contribution is -2.36. The molecule has 2 aromatic rings. The second-order valence-corrected chi connectivity index (χ2v) is 10.2. The van der Waals surface area contributed by atoms with E-state index in [0.29, 0.717) is 12.5 Å². The predicted octanol–water partition coefficient (Wildman–Crippen LogP) is 7.56. The molecule has 3 rings (SSSR count). The number of aliphatic hydroxyl groups is 1. The predicted molar refractivity (Wildman–Crippen MR) is 127 cm³/mol. The first-order valence-electron chi connectivity index (χ1n) is 11.5. The Kier molecular flexibility index (Phi) is 8.26. The third kappa shape index (κ3) is 5.67. The Morgan fingerprint density at radius 3 is 2.17 bits per heavy atom. The lowest BCUT2D eigenvalue weighted by Gasteiger charge is -2.43. The third-order valence-corrected chi connectivity index (χ3v) is 8.11. The van der Waals surface area contributed by atoms with Crippen LogP contribution in [0.25, 0.3) is 0 Å². The normalized spacial score (nSPS) is 21.2. The molecule has 2 aromatic carbocycles. The van der Waals surface area contributed by atoms with Gasteiger partial charge in [-0.1, -0.05) is 93.0 Å². The van der Waals surface area contributed by atoms with Gasteiger partial charge in [-0.05, 0) is 49.8 Å². The molecule has 0 fully saturated rings. The molecule has 158 valence electrons. The fourth-order valence-electron chi connectivity index (χ4n) is 4.76. The van der Waals surface area contributed by atoms with Crippen LogP contribution >= 0.6 is 11.8 Å². The van der Waals surface area contributed by atoms with Crippen LogP contribution < -0.4 is 0 Å². The maximum atomic E-state index is 8.90. The van der Waals surface area contributed by atoms with Crippen molar-refractivity contribution in [2.24, 2.45) is 0 Å². The molecule has 0 saturated heterocycles. The number of unbranched alkanes of at least 4 members (excludes halogenated alkanes) is 6. The fourth-order valence-corrected chi connectivity index (χ4v) is 6.23. The lowest BCUT2D eigenvalue weighted by molar-refractivity contribution is 0.282. The Balaban J connectivity index is 1.71. The summed E-state index contributed by atoms with van der Waals surface area (Å²) < 4.78 is 0. The molecule has 0 amide bonds. The summed E-state index contributed by atoms with van der Waals surface area (Å²) in [4.78, 5) is 1.50. The highest BCUT2D eigenvalue weighted by atomic mass is 32.2. The fraction of sp³-hybridized carbons (Fsp3) is 0.556. The SMILES string of the molecule is Cc1ccc(C2(C)CSc3cc(C)ccc3C2CCCCCCCCCO)cc1. The van der Waals surface area contributed by atoms with Crippen LogP contribution in [0.1, 0.15) is 86.5 Å². The average Bonchev–Trinajstić information content (AvgIpc) is 2.72. The number of thioether (sulfide) groups is 1. The number of fused-ring (bicyclic) bond motifs is 1. The van der Waals surface area contributed by atoms with Gasteiger partial charge in [-0.3, -0.25) is 0 Å². The smallest absolute Gasteiger partial charge is 0.0431 e. The lowest BCUT2D eigenvalue weighted by atomic mass is 9.67. The maximum absolute atomic E-state index is 8.90. The third-order valence-electron chi connectivity index (χ3n) is 6.70. The van der Waals surface area contributed by atoms with Crippen molar-refractivity contribution in [3.63, 3.8) is 0 Å². The highest BCUT2D eigenvalue weighted by Gasteiger charge is 2.40. The van der Waals surface area contributed by atoms with Gasteiger partial charge >= 0.3 is 0 Å². The van der Waals surface area contributed by atoms with Crippen LogP contribution in [0.4, 0.5) is 0 Å². The van der Waals surface area contributed by atoms with Crippen molar-refractivity contribution in [2.75, 3.05) is 12.4 Å². The first-order chi connectivity index (χ1) is 14.0. The summed E-state index contributed by atoms with van der Waals surface area (Å²) >= 11 is 2.05. The zero-order valence-corrected chi connectivity index (χ0v) is 19.4. The first-order valence-corrected chi connectivity index (χ1v) is 12.4. The molecule has 0 aliphatic carbocycles. The first kappa shape index (κ1) is 22.4. The summed E-state index contributed by atoms with van der Waals surface area (Å²) in [5.41, 5.74) is 5.97. The van der Waals surface area contributed by atoms with E-state index in [1.807, 2.05) is 11.8 Å². The number of hydrogen-bond acceptors (Lipinski definition) is 2. The molecule has 1 nitrogen and oxygen atoms in total. The Labute approximate surface area is 182 Å². The van der Waals surface area contributed by atoms with E-state index in [4.69, 9.17) is 5.11 Å². The van der Waals surface area contributed by atoms with Crippen LogP contribution in [-0.4, -0.2) is 17.5 Å². The average molecular weight is 411 g/mol. The van der Waals surface area contributed by atoms with Crippen molar-refractivity contribution in [1.29, 1.82) is 0 Å². The summed E-state index contributed by atoms with van der Waals surface area (Å²) in [5, 5.41) is 8.90. The largest absolute Gasteiger partial charge is 0.396 e. The van der Waals surface area contributed by atoms with E-state index < -0.39 is 0 Å². The van der Waals surface area contributed by atoms with Crippen LogP contribution in [0.2, 0.25) is 0 Å². The minimum atomic E-state index is 0.196. The topological polar surface area (TPSA) is 20.2 Å². The molecule has 1 heterocycles. The standard InChI is InChI=1S/C27H38OS/c1-21-12-15-23(16-13-21)27(3)20-29-26-19-22(2)14-17-24(26)25(27)11-9-7-5-4-6-8-10-18-28/h12-17,19,25,28H,4-11,18,20H2,1-3H3. The van der Waals surface area contributed by atoms with Crippen molar-refractivity contribution < 1.29 is 5.11 Å². The van der Waals surface area contributed by atoms with E-state index in [1.165, 1.54) is 72.3 Å². The maximum Gasteiger partial charge on any atom is 0.0431 e. The summed E-state index contributed by atoms with van der Waals surface area (Å²) in [7, 11) is 0. The van der Waals surface area contributed by atoms with Crippen LogP contribution in [0, 0.1) is 13.8 Å². The summed E-state index contributed by atoms with van der Waals surface area (Å²) in [5.74, 6) is 1.76. The van der Waals surface area contributed by atoms with E-state index in [0.717, 1.165) is 6.42 Å². The summed E-state index contributed by atoms with van der Waals surface area (Å²) in [6, 6.07) is 16.4. The van der Waals surface area contributed by atoms with Crippen molar-refractivity contribution in [3.8, 4) is 0 Å². The minimum absolute atomic E-state index is 0.196. The van der Waals surface area contributed by atoms with Gasteiger partial charge in [-0.25, -0.2) is 0 Å². The quantitative estimate of drug-likeness (QED) is 0.408. The van der Waals surface area contributed by atoms with Crippen LogP contribution in [0.3, 0.4) is 0 Å². The van der Waals surface area contributed by atoms with Crippen LogP contribution in [0.5, 0.6) is 0 Å². The van der Waals surface area contributed by atoms with E-state index in [-0.39, 0.29) is 5.41 Å². The molecule has 2 heteroatoms. The van der Waals surface area contributed by atoms with Gasteiger partial charge in [0.1, 0.15) is 0 Å². The van der Waals surface area contributed by atoms with E-state index >= 15 is 0 Å². The second kappa shape index (κ2) is 10.7. The summed E-state index contributed by atoms with van der Waals surface area (Å²) in [6.45, 7) is 7.22. The minimum Gasteiger partial charge on any atom is -0.396 e. The highest BCUT2D eigenvalue weighted by molar-refractivity contribution is 7.99. The van der Waals surface area contributed by atoms with Crippen molar-refractivity contribution in [1.82, 2.24) is 0 Å². The van der Waals surface area contributed by atoms with Crippen molar-refractivity contribution in [2.45, 2.75) is 88.4 Å². The Hall–Kier alpha value is -1.25. The monoisotopic (exact) mass is 410 g/mol. The highest BCUT2D eigenvalue weighted by Crippen LogP contribution is 2.52. The number of aliphatic hydroxyl groups excluding tert-OH is 1. The van der Waals surface area contributed by atoms with Gasteiger partial charge in [-0.15, -0.1) is 11.8 Å². The Morgan fingerprint density at radius 2 is 1.48 bits per heavy atom. The van der Waals surface area contributed by atoms with Crippen LogP contribution in [-0.2, 0) is 5.41 Å². The van der Waals surface area contributed by atoms with Gasteiger partial charge < -0.3 is 5.11 Å². The van der Waals surface area contributed by atoms with Gasteiger partial charge in [0.2, 0.25) is 0 Å². The van der Waals surface area contributed by atoms with Gasteiger partial charge in [0.05, 0.1) is 0 Å². The zero-order chi connectivity index (χ0) is 20.7. The van der Waals surface area contributed by atoms with Gasteiger partial charge in [0.25, 0.3) is 0 Å². The molecule has 1 aliphatic rings. The molecule has 0 radical (unpaired) electrons. The number of aryl methyl sites for hydroxylation is 2. The van der Waals surface area contributed by atoms with Crippen molar-refractivity contribution >= 4 is 11.8 Å². The molecular weight excluding hydrogens is 372 g/mol. The molecule has 2 atom stereocenters. The zero-order valence-electron chi connectivity index (χ0n) is 18.5. The van der Waals surface area contributed by atoms with Gasteiger partial charge in [0.15, 0.2) is 0 Å². The molecule has 0 spiro atoms. The Bertz CT molecular complexity index is 767. The van der Waals surface area contributed by atoms with E-state index in [1.54, 1.807) is 5.56 Å². The molecule has 29 heavy (non-hydrogen) atoms. The van der Waals surface area contributed by atoms with E-state index in [9.17, 15) is 0 Å². The number of benzene rings is 2. The Morgan fingerprint density at radius 1 is 0.862 bits per heavy atom. The molecular formula is C27H38OS. The van der Waals surface area contributed by atoms with Crippen LogP contribution in [0.15, 0.2) is 47.4 Å². The molecule has 1 aliphatic heterocycles. The molecule has 2 unspecified atom stereocenters. The number of rotatable bonds is 10. The molecule has 1 N–H and O–H groups in total. The van der Waals surface area contributed by atoms with E-state index in [2.05, 4.69) is 63.2 Å². The molecule has 0 bridgehead atoms. The van der Waals surface area contributed by atoms with Gasteiger partial charge in [0, 0.05) is 22.7 Å². The van der Waals surface area contributed by atoms with Gasteiger partial charge in [-0.2, -0.15) is 0 Å². The molecule has 0 aromatic heterocycles. The molecule has 0 saturated carbocycles. The number of hydrogen-bond donors (Lipinski definition) is 1. The van der Waals surface area contributed by atoms with Crippen molar-refractivity contribution in [3.05, 3.63) is 64.7 Å².